The van der Waals surface area contributed by atoms with Gasteiger partial charge in [0.15, 0.2) is 0 Å². The Hall–Kier alpha value is -1.77. The van der Waals surface area contributed by atoms with Crippen LogP contribution in [0.25, 0.3) is 10.9 Å². The lowest BCUT2D eigenvalue weighted by molar-refractivity contribution is 0.190. The van der Waals surface area contributed by atoms with Crippen LogP contribution in [0.15, 0.2) is 24.3 Å². The zero-order valence-electron chi connectivity index (χ0n) is 7.99. The molecule has 0 amide bonds. The van der Waals surface area contributed by atoms with Gasteiger partial charge in [0.05, 0.1) is 17.0 Å². The van der Waals surface area contributed by atoms with E-state index in [9.17, 15) is 0 Å². The molecule has 0 atom stereocenters. The molecule has 0 aliphatic rings. The Bertz CT molecular complexity index is 475. The molecule has 0 fully saturated rings. The monoisotopic (exact) mass is 188 g/mol. The van der Waals surface area contributed by atoms with Gasteiger partial charge in [-0.2, -0.15) is 0 Å². The first-order chi connectivity index (χ1) is 6.70. The van der Waals surface area contributed by atoms with Gasteiger partial charge >= 0.3 is 0 Å². The molecule has 3 heteroatoms. The Morgan fingerprint density at radius 3 is 2.86 bits per heavy atom. The van der Waals surface area contributed by atoms with E-state index in [1.165, 1.54) is 0 Å². The third-order valence-electron chi connectivity index (χ3n) is 2.13. The first-order valence-corrected chi connectivity index (χ1v) is 4.34. The van der Waals surface area contributed by atoms with Gasteiger partial charge in [-0.25, -0.2) is 4.98 Å². The third-order valence-corrected chi connectivity index (χ3v) is 2.13. The number of fused-ring (bicyclic) bond motifs is 1. The summed E-state index contributed by atoms with van der Waals surface area (Å²) in [4.78, 5) is 4.24. The fraction of sp³-hybridized carbons (Fsp3) is 0.0909. The van der Waals surface area contributed by atoms with Gasteiger partial charge in [-0.05, 0) is 31.7 Å². The Morgan fingerprint density at radius 2 is 2.14 bits per heavy atom. The molecule has 1 heterocycles. The maximum atomic E-state index is 5.65. The van der Waals surface area contributed by atoms with Crippen LogP contribution in [0.1, 0.15) is 5.56 Å². The number of benzene rings is 1. The average molecular weight is 188 g/mol. The molecule has 1 aromatic heterocycles. The van der Waals surface area contributed by atoms with Gasteiger partial charge in [0.2, 0.25) is 5.75 Å². The second-order valence-electron chi connectivity index (χ2n) is 3.24. The minimum absolute atomic E-state index is 0.477. The van der Waals surface area contributed by atoms with Crippen molar-refractivity contribution in [3.63, 3.8) is 0 Å². The van der Waals surface area contributed by atoms with Crippen molar-refractivity contribution in [2.24, 2.45) is 0 Å². The summed E-state index contributed by atoms with van der Waals surface area (Å²) < 4.78 is 3.92. The van der Waals surface area contributed by atoms with E-state index < -0.39 is 0 Å². The molecule has 0 spiro atoms. The lowest BCUT2D eigenvalue weighted by Crippen LogP contribution is -1.92. The summed E-state index contributed by atoms with van der Waals surface area (Å²) in [6.07, 6.45) is 0. The van der Waals surface area contributed by atoms with E-state index in [1.807, 2.05) is 25.1 Å². The molecule has 0 saturated carbocycles. The number of hydrogen-bond donors (Lipinski definition) is 1. The molecule has 1 aromatic carbocycles. The Labute approximate surface area is 82.5 Å². The van der Waals surface area contributed by atoms with Crippen LogP contribution in [-0.4, -0.2) is 9.72 Å². The van der Waals surface area contributed by atoms with E-state index in [2.05, 4.69) is 16.8 Å². The highest BCUT2D eigenvalue weighted by molar-refractivity contribution is 5.86. The van der Waals surface area contributed by atoms with Crippen LogP contribution in [0, 0.1) is 14.0 Å². The highest BCUT2D eigenvalue weighted by atomic mass is 16.5. The lowest BCUT2D eigenvalue weighted by atomic mass is 10.1. The van der Waals surface area contributed by atoms with Gasteiger partial charge in [0, 0.05) is 0 Å². The quantitative estimate of drug-likeness (QED) is 0.550. The Kier molecular flexibility index (Phi) is 2.00. The number of rotatable bonds is 1. The number of nitrogens with zero attached hydrogens (tertiary/aromatic N) is 1. The minimum atomic E-state index is 0.477. The molecule has 0 radical (unpaired) electrons. The number of aromatic hydroxyl groups is 1. The number of pyridine rings is 1. The van der Waals surface area contributed by atoms with Gasteiger partial charge in [-0.15, -0.1) is 0 Å². The van der Waals surface area contributed by atoms with Gasteiger partial charge in [0.1, 0.15) is 5.82 Å². The van der Waals surface area contributed by atoms with E-state index in [4.69, 9.17) is 5.73 Å². The molecule has 0 aliphatic carbocycles. The SMILES string of the molecule is [CH2-][OH+]c1cc(N)nc2cc(C)ccc12. The van der Waals surface area contributed by atoms with Gasteiger partial charge < -0.3 is 10.5 Å². The maximum absolute atomic E-state index is 5.65. The second kappa shape index (κ2) is 3.18. The number of aromatic nitrogens is 1. The van der Waals surface area contributed by atoms with Crippen molar-refractivity contribution in [1.29, 1.82) is 0 Å². The average Bonchev–Trinajstić information content (AvgIpc) is 2.15. The molecule has 2 aromatic rings. The van der Waals surface area contributed by atoms with Crippen molar-refractivity contribution in [2.75, 3.05) is 5.73 Å². The summed E-state index contributed by atoms with van der Waals surface area (Å²) in [6.45, 7) is 2.02. The van der Waals surface area contributed by atoms with Crippen molar-refractivity contribution in [3.05, 3.63) is 36.9 Å². The standard InChI is InChI=1S/C11H12N2O/c1-7-3-4-8-9(5-7)13-11(12)6-10(8)14-2/h3-6,14H,2H2,1H3,(H2,12,13). The smallest absolute Gasteiger partial charge is 0.239 e. The predicted octanol–water partition coefficient (Wildman–Crippen LogP) is 2.16. The van der Waals surface area contributed by atoms with E-state index in [0.717, 1.165) is 22.2 Å². The number of ether oxygens (including phenoxy) is 1. The number of aryl methyl sites for hydroxylation is 1. The lowest BCUT2D eigenvalue weighted by Gasteiger charge is -2.08. The molecular weight excluding hydrogens is 176 g/mol. The summed E-state index contributed by atoms with van der Waals surface area (Å²) in [6, 6.07) is 7.72. The summed E-state index contributed by atoms with van der Waals surface area (Å²) in [5.41, 5.74) is 7.68. The summed E-state index contributed by atoms with van der Waals surface area (Å²) in [7, 11) is 3.51. The molecule has 0 saturated heterocycles. The number of nitrogen functional groups attached to an aromatic ring is 1. The van der Waals surface area contributed by atoms with Gasteiger partial charge in [-0.1, -0.05) is 6.07 Å². The van der Waals surface area contributed by atoms with Crippen molar-refractivity contribution in [2.45, 2.75) is 6.92 Å². The molecule has 2 rings (SSSR count). The number of nitrogens with two attached hydrogens (primary N) is 1. The van der Waals surface area contributed by atoms with E-state index in [0.29, 0.717) is 5.82 Å². The summed E-state index contributed by atoms with van der Waals surface area (Å²) >= 11 is 0. The highest BCUT2D eigenvalue weighted by Crippen LogP contribution is 2.27. The molecule has 72 valence electrons. The van der Waals surface area contributed by atoms with Crippen molar-refractivity contribution in [3.8, 4) is 5.75 Å². The van der Waals surface area contributed by atoms with Crippen molar-refractivity contribution < 1.29 is 4.74 Å². The molecule has 0 aliphatic heterocycles. The van der Waals surface area contributed by atoms with Crippen LogP contribution in [0.4, 0.5) is 5.82 Å². The fourth-order valence-corrected chi connectivity index (χ4v) is 1.47. The summed E-state index contributed by atoms with van der Waals surface area (Å²) in [5.74, 6) is 1.26. The molecule has 14 heavy (non-hydrogen) atoms. The summed E-state index contributed by atoms with van der Waals surface area (Å²) in [5, 5.41) is 0.986. The van der Waals surface area contributed by atoms with Crippen molar-refractivity contribution in [1.82, 2.24) is 4.98 Å². The first-order valence-electron chi connectivity index (χ1n) is 4.34. The predicted molar refractivity (Wildman–Crippen MR) is 57.9 cm³/mol. The van der Waals surface area contributed by atoms with Crippen LogP contribution >= 0.6 is 0 Å². The molecule has 0 unspecified atom stereocenters. The van der Waals surface area contributed by atoms with E-state index in [1.54, 1.807) is 6.07 Å². The molecular formula is C11H12N2O. The van der Waals surface area contributed by atoms with Crippen LogP contribution in [0.5, 0.6) is 5.75 Å². The highest BCUT2D eigenvalue weighted by Gasteiger charge is 2.06. The van der Waals surface area contributed by atoms with Crippen LogP contribution < -0.4 is 5.73 Å². The second-order valence-corrected chi connectivity index (χ2v) is 3.24. The van der Waals surface area contributed by atoms with Crippen LogP contribution in [-0.2, 0) is 0 Å². The van der Waals surface area contributed by atoms with E-state index >= 15 is 0 Å². The number of anilines is 1. The number of hydrogen-bond acceptors (Lipinski definition) is 2. The zero-order chi connectivity index (χ0) is 10.1. The zero-order valence-corrected chi connectivity index (χ0v) is 7.99. The Balaban J connectivity index is 2.81. The molecule has 3 N–H and O–H groups in total. The Morgan fingerprint density at radius 1 is 1.36 bits per heavy atom. The normalized spacial score (nSPS) is 10.4. The third kappa shape index (κ3) is 1.37. The molecule has 3 nitrogen and oxygen atoms in total. The maximum Gasteiger partial charge on any atom is 0.239 e. The van der Waals surface area contributed by atoms with E-state index in [-0.39, 0.29) is 0 Å². The van der Waals surface area contributed by atoms with Gasteiger partial charge in [0.25, 0.3) is 0 Å². The molecule has 0 bridgehead atoms. The first kappa shape index (κ1) is 8.81. The van der Waals surface area contributed by atoms with Gasteiger partial charge in [-0.3, -0.25) is 0 Å². The number of aliphatic hydroxyl groups is 1. The largest absolute Gasteiger partial charge is 0.721 e. The van der Waals surface area contributed by atoms with Crippen LogP contribution in [0.3, 0.4) is 0 Å². The van der Waals surface area contributed by atoms with Crippen molar-refractivity contribution >= 4 is 16.7 Å². The minimum Gasteiger partial charge on any atom is -0.721 e. The van der Waals surface area contributed by atoms with Crippen LogP contribution in [0.2, 0.25) is 0 Å². The fourth-order valence-electron chi connectivity index (χ4n) is 1.47. The topological polar surface area (TPSA) is 51.7 Å².